The zero-order valence-corrected chi connectivity index (χ0v) is 15.3. The van der Waals surface area contributed by atoms with Crippen LogP contribution in [0.4, 0.5) is 5.69 Å². The number of aliphatic carboxylic acids is 1. The van der Waals surface area contributed by atoms with Crippen LogP contribution in [0.3, 0.4) is 0 Å². The van der Waals surface area contributed by atoms with Gasteiger partial charge in [-0.2, -0.15) is 0 Å². The highest BCUT2D eigenvalue weighted by molar-refractivity contribution is 9.09. The van der Waals surface area contributed by atoms with Crippen LogP contribution in [0.5, 0.6) is 0 Å². The molecule has 0 spiro atoms. The molecule has 23 heavy (non-hydrogen) atoms. The minimum absolute atomic E-state index is 0.0981. The van der Waals surface area contributed by atoms with Gasteiger partial charge >= 0.3 is 5.97 Å². The van der Waals surface area contributed by atoms with E-state index in [0.29, 0.717) is 12.1 Å². The molecule has 0 saturated heterocycles. The molecule has 1 aromatic carbocycles. The normalized spacial score (nSPS) is 12.8. The molecule has 0 saturated carbocycles. The first-order valence-electron chi connectivity index (χ1n) is 7.48. The molecule has 0 heterocycles. The van der Waals surface area contributed by atoms with Gasteiger partial charge in [0.25, 0.3) is 0 Å². The molecule has 8 heteroatoms. The Balaban J connectivity index is 2.48. The highest BCUT2D eigenvalue weighted by Crippen LogP contribution is 2.14. The van der Waals surface area contributed by atoms with Crippen molar-refractivity contribution in [1.82, 2.24) is 0 Å². The van der Waals surface area contributed by atoms with E-state index in [0.717, 1.165) is 30.2 Å². The molecule has 0 aromatic heterocycles. The van der Waals surface area contributed by atoms with Gasteiger partial charge in [0.05, 0.1) is 5.75 Å². The molecule has 0 amide bonds. The fourth-order valence-corrected chi connectivity index (χ4v) is 3.60. The SMILES string of the molecule is N[C@@H](Cc1ccc(NS(=O)(=O)CCCCCCBr)cc1)C(=O)O. The number of halogens is 1. The number of unbranched alkanes of at least 4 members (excludes halogenated alkanes) is 3. The number of sulfonamides is 1. The Labute approximate surface area is 145 Å². The summed E-state index contributed by atoms with van der Waals surface area (Å²) in [5, 5.41) is 9.71. The topological polar surface area (TPSA) is 109 Å². The van der Waals surface area contributed by atoms with Gasteiger partial charge in [0.1, 0.15) is 6.04 Å². The number of benzene rings is 1. The molecule has 1 aromatic rings. The van der Waals surface area contributed by atoms with Gasteiger partial charge in [0, 0.05) is 11.0 Å². The number of carboxylic acid groups (broad SMARTS) is 1. The summed E-state index contributed by atoms with van der Waals surface area (Å²) in [7, 11) is -3.35. The van der Waals surface area contributed by atoms with E-state index in [9.17, 15) is 13.2 Å². The Morgan fingerprint density at radius 2 is 1.78 bits per heavy atom. The molecule has 1 atom stereocenters. The number of hydrogen-bond acceptors (Lipinski definition) is 4. The summed E-state index contributed by atoms with van der Waals surface area (Å²) in [6.45, 7) is 0. The van der Waals surface area contributed by atoms with E-state index in [2.05, 4.69) is 20.7 Å². The zero-order chi connectivity index (χ0) is 17.3. The van der Waals surface area contributed by atoms with Crippen molar-refractivity contribution in [3.63, 3.8) is 0 Å². The minimum atomic E-state index is -3.35. The summed E-state index contributed by atoms with van der Waals surface area (Å²) >= 11 is 3.34. The molecular weight excluding hydrogens is 384 g/mol. The Kier molecular flexibility index (Phi) is 8.57. The van der Waals surface area contributed by atoms with Crippen molar-refractivity contribution in [2.45, 2.75) is 38.1 Å². The average molecular weight is 407 g/mol. The molecule has 0 bridgehead atoms. The van der Waals surface area contributed by atoms with Gasteiger partial charge in [0.2, 0.25) is 10.0 Å². The molecule has 0 unspecified atom stereocenters. The first-order chi connectivity index (χ1) is 10.8. The Morgan fingerprint density at radius 1 is 1.17 bits per heavy atom. The van der Waals surface area contributed by atoms with Gasteiger partial charge in [-0.1, -0.05) is 40.9 Å². The molecule has 4 N–H and O–H groups in total. The molecule has 1 rings (SSSR count). The van der Waals surface area contributed by atoms with Crippen LogP contribution in [-0.2, 0) is 21.2 Å². The smallest absolute Gasteiger partial charge is 0.320 e. The van der Waals surface area contributed by atoms with E-state index in [-0.39, 0.29) is 12.2 Å². The fraction of sp³-hybridized carbons (Fsp3) is 0.533. The van der Waals surface area contributed by atoms with Crippen LogP contribution in [0, 0.1) is 0 Å². The molecule has 0 radical (unpaired) electrons. The van der Waals surface area contributed by atoms with E-state index < -0.39 is 22.0 Å². The van der Waals surface area contributed by atoms with Gasteiger partial charge in [-0.15, -0.1) is 0 Å². The lowest BCUT2D eigenvalue weighted by molar-refractivity contribution is -0.138. The molecule has 0 aliphatic carbocycles. The second-order valence-electron chi connectivity index (χ2n) is 5.37. The predicted molar refractivity (Wildman–Crippen MR) is 95.4 cm³/mol. The van der Waals surface area contributed by atoms with Crippen LogP contribution in [0.2, 0.25) is 0 Å². The van der Waals surface area contributed by atoms with Crippen LogP contribution in [0.15, 0.2) is 24.3 Å². The van der Waals surface area contributed by atoms with E-state index in [4.69, 9.17) is 10.8 Å². The van der Waals surface area contributed by atoms with Crippen molar-refractivity contribution in [3.05, 3.63) is 29.8 Å². The maximum absolute atomic E-state index is 12.0. The van der Waals surface area contributed by atoms with E-state index in [1.807, 2.05) is 0 Å². The molecule has 0 fully saturated rings. The number of hydrogen-bond donors (Lipinski definition) is 3. The van der Waals surface area contributed by atoms with Crippen molar-refractivity contribution in [3.8, 4) is 0 Å². The third-order valence-corrected chi connectivity index (χ3v) is 5.23. The van der Waals surface area contributed by atoms with E-state index >= 15 is 0 Å². The molecule has 130 valence electrons. The molecular formula is C15H23BrN2O4S. The summed E-state index contributed by atoms with van der Waals surface area (Å²) in [5.74, 6) is -0.962. The Morgan fingerprint density at radius 3 is 2.35 bits per heavy atom. The number of rotatable bonds is 11. The second kappa shape index (κ2) is 9.89. The van der Waals surface area contributed by atoms with Crippen molar-refractivity contribution in [2.24, 2.45) is 5.73 Å². The summed E-state index contributed by atoms with van der Waals surface area (Å²) in [6, 6.07) is 5.63. The lowest BCUT2D eigenvalue weighted by Gasteiger charge is -2.10. The van der Waals surface area contributed by atoms with Gasteiger partial charge in [-0.05, 0) is 37.0 Å². The van der Waals surface area contributed by atoms with Gasteiger partial charge in [-0.25, -0.2) is 8.42 Å². The Hall–Kier alpha value is -1.12. The molecule has 0 aliphatic rings. The van der Waals surface area contributed by atoms with Crippen molar-refractivity contribution >= 4 is 37.6 Å². The van der Waals surface area contributed by atoms with Crippen molar-refractivity contribution in [1.29, 1.82) is 0 Å². The standard InChI is InChI=1S/C15H23BrN2O4S/c16-9-3-1-2-4-10-23(21,22)18-13-7-5-12(6-8-13)11-14(17)15(19)20/h5-8,14,18H,1-4,9-11,17H2,(H,19,20)/t14-/m0/s1. The number of carboxylic acids is 1. The summed E-state index contributed by atoms with van der Waals surface area (Å²) < 4.78 is 26.5. The first-order valence-corrected chi connectivity index (χ1v) is 10.3. The number of alkyl halides is 1. The van der Waals surface area contributed by atoms with Crippen LogP contribution < -0.4 is 10.5 Å². The van der Waals surface area contributed by atoms with Gasteiger partial charge < -0.3 is 10.8 Å². The molecule has 6 nitrogen and oxygen atoms in total. The maximum atomic E-state index is 12.0. The third-order valence-electron chi connectivity index (χ3n) is 3.30. The summed E-state index contributed by atoms with van der Waals surface area (Å²) in [4.78, 5) is 10.7. The average Bonchev–Trinajstić information content (AvgIpc) is 2.48. The number of nitrogens with one attached hydrogen (secondary N) is 1. The number of anilines is 1. The first kappa shape index (κ1) is 19.9. The largest absolute Gasteiger partial charge is 0.480 e. The number of nitrogens with two attached hydrogens (primary N) is 1. The van der Waals surface area contributed by atoms with Gasteiger partial charge in [-0.3, -0.25) is 9.52 Å². The third kappa shape index (κ3) is 8.34. The van der Waals surface area contributed by atoms with Crippen LogP contribution in [0.25, 0.3) is 0 Å². The molecule has 0 aliphatic heterocycles. The lowest BCUT2D eigenvalue weighted by atomic mass is 10.1. The van der Waals surface area contributed by atoms with E-state index in [1.54, 1.807) is 24.3 Å². The van der Waals surface area contributed by atoms with Crippen LogP contribution in [-0.4, -0.2) is 36.6 Å². The highest BCUT2D eigenvalue weighted by atomic mass is 79.9. The fourth-order valence-electron chi connectivity index (χ4n) is 2.02. The van der Waals surface area contributed by atoms with Gasteiger partial charge in [0.15, 0.2) is 0 Å². The maximum Gasteiger partial charge on any atom is 0.320 e. The monoisotopic (exact) mass is 406 g/mol. The summed E-state index contributed by atoms with van der Waals surface area (Å²) in [6.07, 6.45) is 3.79. The van der Waals surface area contributed by atoms with Crippen LogP contribution in [0.1, 0.15) is 31.2 Å². The lowest BCUT2D eigenvalue weighted by Crippen LogP contribution is -2.32. The quantitative estimate of drug-likeness (QED) is 0.385. The Bertz CT molecular complexity index is 590. The predicted octanol–water partition coefficient (Wildman–Crippen LogP) is 2.34. The second-order valence-corrected chi connectivity index (χ2v) is 8.00. The van der Waals surface area contributed by atoms with Crippen LogP contribution >= 0.6 is 15.9 Å². The van der Waals surface area contributed by atoms with Crippen molar-refractivity contribution < 1.29 is 18.3 Å². The van der Waals surface area contributed by atoms with Crippen molar-refractivity contribution in [2.75, 3.05) is 15.8 Å². The van der Waals surface area contributed by atoms with E-state index in [1.165, 1.54) is 0 Å². The zero-order valence-electron chi connectivity index (χ0n) is 12.9. The summed E-state index contributed by atoms with van der Waals surface area (Å²) in [5.41, 5.74) is 6.68. The highest BCUT2D eigenvalue weighted by Gasteiger charge is 2.13. The number of carbonyl (C=O) groups is 1. The minimum Gasteiger partial charge on any atom is -0.480 e.